The molecule has 2 aromatic heterocycles. The fourth-order valence-electron chi connectivity index (χ4n) is 2.02. The number of benzene rings is 1. The number of aromatic nitrogens is 3. The fraction of sp³-hybridized carbons (Fsp3) is 0.143. The molecular formula is C14H12BrN3O. The maximum absolute atomic E-state index is 5.76. The van der Waals surface area contributed by atoms with Crippen molar-refractivity contribution in [2.45, 2.75) is 6.61 Å². The van der Waals surface area contributed by atoms with E-state index in [-0.39, 0.29) is 0 Å². The molecule has 0 unspecified atom stereocenters. The van der Waals surface area contributed by atoms with Crippen molar-refractivity contribution in [3.05, 3.63) is 52.9 Å². The highest BCUT2D eigenvalue weighted by Crippen LogP contribution is 2.24. The number of hydrogen-bond donors (Lipinski definition) is 0. The summed E-state index contributed by atoms with van der Waals surface area (Å²) < 4.78 is 8.33. The van der Waals surface area contributed by atoms with Gasteiger partial charge in [0.2, 0.25) is 0 Å². The van der Waals surface area contributed by atoms with Gasteiger partial charge in [0.25, 0.3) is 0 Å². The van der Waals surface area contributed by atoms with Crippen LogP contribution in [0.1, 0.15) is 5.69 Å². The van der Waals surface area contributed by atoms with Crippen molar-refractivity contribution in [3.8, 4) is 5.75 Å². The molecular weight excluding hydrogens is 306 g/mol. The molecule has 0 amide bonds. The average Bonchev–Trinajstić information content (AvgIpc) is 2.75. The van der Waals surface area contributed by atoms with Crippen molar-refractivity contribution in [1.82, 2.24) is 14.8 Å². The summed E-state index contributed by atoms with van der Waals surface area (Å²) in [7, 11) is 1.94. The predicted molar refractivity (Wildman–Crippen MR) is 77.0 cm³/mol. The number of ether oxygens (including phenoxy) is 1. The minimum Gasteiger partial charge on any atom is -0.484 e. The summed E-state index contributed by atoms with van der Waals surface area (Å²) in [5.74, 6) is 0.720. The summed E-state index contributed by atoms with van der Waals surface area (Å²) in [6, 6.07) is 11.8. The lowest BCUT2D eigenvalue weighted by Crippen LogP contribution is -1.99. The number of rotatable bonds is 3. The largest absolute Gasteiger partial charge is 0.484 e. The number of pyridine rings is 1. The van der Waals surface area contributed by atoms with E-state index in [9.17, 15) is 0 Å². The third kappa shape index (κ3) is 2.33. The Labute approximate surface area is 119 Å². The molecule has 0 radical (unpaired) electrons. The maximum Gasteiger partial charge on any atom is 0.152 e. The van der Waals surface area contributed by atoms with Crippen LogP contribution in [0, 0.1) is 0 Å². The van der Waals surface area contributed by atoms with Gasteiger partial charge in [0, 0.05) is 18.6 Å². The van der Waals surface area contributed by atoms with Crippen LogP contribution in [0.5, 0.6) is 5.75 Å². The van der Waals surface area contributed by atoms with Gasteiger partial charge in [-0.05, 0) is 34.1 Å². The molecule has 0 saturated carbocycles. The van der Waals surface area contributed by atoms with Crippen molar-refractivity contribution < 1.29 is 4.74 Å². The van der Waals surface area contributed by atoms with Crippen LogP contribution in [-0.2, 0) is 13.7 Å². The lowest BCUT2D eigenvalue weighted by Gasteiger charge is -2.05. The monoisotopic (exact) mass is 317 g/mol. The predicted octanol–water partition coefficient (Wildman–Crippen LogP) is 3.31. The molecule has 1 aromatic carbocycles. The van der Waals surface area contributed by atoms with Crippen molar-refractivity contribution in [3.63, 3.8) is 0 Å². The third-order valence-electron chi connectivity index (χ3n) is 2.92. The number of fused-ring (bicyclic) bond motifs is 1. The molecule has 2 heterocycles. The first-order valence-electron chi connectivity index (χ1n) is 5.89. The highest BCUT2D eigenvalue weighted by Gasteiger charge is 2.09. The zero-order valence-corrected chi connectivity index (χ0v) is 12.0. The zero-order valence-electron chi connectivity index (χ0n) is 10.4. The average molecular weight is 318 g/mol. The van der Waals surface area contributed by atoms with Gasteiger partial charge in [0.15, 0.2) is 5.75 Å². The number of hydrogen-bond acceptors (Lipinski definition) is 3. The topological polar surface area (TPSA) is 39.9 Å². The fourth-order valence-corrected chi connectivity index (χ4v) is 2.39. The van der Waals surface area contributed by atoms with Crippen LogP contribution in [-0.4, -0.2) is 14.8 Å². The summed E-state index contributed by atoms with van der Waals surface area (Å²) in [6.45, 7) is 0.422. The summed E-state index contributed by atoms with van der Waals surface area (Å²) in [5.41, 5.74) is 2.03. The second-order valence-corrected chi connectivity index (χ2v) is 4.92. The Hall–Kier alpha value is -1.88. The number of aryl methyl sites for hydroxylation is 1. The molecule has 0 fully saturated rings. The number of halogens is 1. The zero-order chi connectivity index (χ0) is 13.2. The van der Waals surface area contributed by atoms with E-state index in [1.54, 1.807) is 6.20 Å². The van der Waals surface area contributed by atoms with Crippen LogP contribution in [0.2, 0.25) is 0 Å². The standard InChI is InChI=1S/C14H12BrN3O/c1-18-12-6-3-2-5-10(12)11(17-18)9-19-13-7-4-8-16-14(13)15/h2-8H,9H2,1H3. The van der Waals surface area contributed by atoms with E-state index in [0.717, 1.165) is 22.3 Å². The first-order chi connectivity index (χ1) is 9.25. The molecule has 3 aromatic rings. The highest BCUT2D eigenvalue weighted by atomic mass is 79.9. The summed E-state index contributed by atoms with van der Waals surface area (Å²) in [5, 5.41) is 5.61. The Kier molecular flexibility index (Phi) is 3.21. The Morgan fingerprint density at radius 1 is 1.21 bits per heavy atom. The van der Waals surface area contributed by atoms with Gasteiger partial charge in [0.1, 0.15) is 16.9 Å². The lowest BCUT2D eigenvalue weighted by molar-refractivity contribution is 0.298. The van der Waals surface area contributed by atoms with Crippen LogP contribution in [0.25, 0.3) is 10.9 Å². The van der Waals surface area contributed by atoms with E-state index < -0.39 is 0 Å². The second-order valence-electron chi connectivity index (χ2n) is 4.17. The molecule has 0 aliphatic carbocycles. The van der Waals surface area contributed by atoms with E-state index in [4.69, 9.17) is 4.74 Å². The van der Waals surface area contributed by atoms with Crippen LogP contribution in [0.4, 0.5) is 0 Å². The quantitative estimate of drug-likeness (QED) is 0.696. The normalized spacial score (nSPS) is 10.8. The Morgan fingerprint density at radius 2 is 2.05 bits per heavy atom. The SMILES string of the molecule is Cn1nc(COc2cccnc2Br)c2ccccc21. The molecule has 3 rings (SSSR count). The first-order valence-corrected chi connectivity index (χ1v) is 6.69. The van der Waals surface area contributed by atoms with Crippen LogP contribution in [0.3, 0.4) is 0 Å². The molecule has 0 aliphatic rings. The van der Waals surface area contributed by atoms with Crippen LogP contribution >= 0.6 is 15.9 Å². The Balaban J connectivity index is 1.88. The molecule has 0 spiro atoms. The molecule has 0 atom stereocenters. The first kappa shape index (κ1) is 12.2. The molecule has 0 saturated heterocycles. The van der Waals surface area contributed by atoms with Gasteiger partial charge >= 0.3 is 0 Å². The highest BCUT2D eigenvalue weighted by molar-refractivity contribution is 9.10. The van der Waals surface area contributed by atoms with Crippen molar-refractivity contribution >= 4 is 26.8 Å². The van der Waals surface area contributed by atoms with Gasteiger partial charge in [-0.2, -0.15) is 5.10 Å². The van der Waals surface area contributed by atoms with Crippen molar-refractivity contribution in [2.24, 2.45) is 7.05 Å². The van der Waals surface area contributed by atoms with Gasteiger partial charge in [-0.25, -0.2) is 4.98 Å². The molecule has 0 aliphatic heterocycles. The Bertz CT molecular complexity index is 724. The van der Waals surface area contributed by atoms with Gasteiger partial charge in [-0.15, -0.1) is 0 Å². The minimum atomic E-state index is 0.422. The van der Waals surface area contributed by atoms with E-state index in [1.165, 1.54) is 0 Å². The minimum absolute atomic E-state index is 0.422. The Morgan fingerprint density at radius 3 is 2.89 bits per heavy atom. The van der Waals surface area contributed by atoms with E-state index >= 15 is 0 Å². The van der Waals surface area contributed by atoms with Crippen LogP contribution in [0.15, 0.2) is 47.2 Å². The van der Waals surface area contributed by atoms with E-state index in [0.29, 0.717) is 11.2 Å². The van der Waals surface area contributed by atoms with Gasteiger partial charge in [0.05, 0.1) is 5.52 Å². The van der Waals surface area contributed by atoms with E-state index in [1.807, 2.05) is 42.1 Å². The molecule has 0 N–H and O–H groups in total. The number of para-hydroxylation sites is 1. The molecule has 19 heavy (non-hydrogen) atoms. The molecule has 4 nitrogen and oxygen atoms in total. The third-order valence-corrected chi connectivity index (χ3v) is 3.52. The molecule has 5 heteroatoms. The van der Waals surface area contributed by atoms with Crippen LogP contribution < -0.4 is 4.74 Å². The van der Waals surface area contributed by atoms with Gasteiger partial charge < -0.3 is 4.74 Å². The molecule has 96 valence electrons. The second kappa shape index (κ2) is 5.01. The summed E-state index contributed by atoms with van der Waals surface area (Å²) >= 11 is 3.36. The lowest BCUT2D eigenvalue weighted by atomic mass is 10.2. The summed E-state index contributed by atoms with van der Waals surface area (Å²) in [4.78, 5) is 4.12. The summed E-state index contributed by atoms with van der Waals surface area (Å²) in [6.07, 6.45) is 1.72. The van der Waals surface area contributed by atoms with Crippen molar-refractivity contribution in [1.29, 1.82) is 0 Å². The smallest absolute Gasteiger partial charge is 0.152 e. The van der Waals surface area contributed by atoms with Gasteiger partial charge in [-0.1, -0.05) is 18.2 Å². The maximum atomic E-state index is 5.76. The van der Waals surface area contributed by atoms with Gasteiger partial charge in [-0.3, -0.25) is 4.68 Å². The number of nitrogens with zero attached hydrogens (tertiary/aromatic N) is 3. The molecule has 0 bridgehead atoms. The van der Waals surface area contributed by atoms with Crippen molar-refractivity contribution in [2.75, 3.05) is 0 Å². The van der Waals surface area contributed by atoms with E-state index in [2.05, 4.69) is 32.1 Å².